The predicted octanol–water partition coefficient (Wildman–Crippen LogP) is 2.51. The van der Waals surface area contributed by atoms with Crippen LogP contribution in [0.4, 0.5) is 5.69 Å². The first-order chi connectivity index (χ1) is 10.2. The summed E-state index contributed by atoms with van der Waals surface area (Å²) in [7, 11) is 0. The van der Waals surface area contributed by atoms with Gasteiger partial charge in [-0.05, 0) is 18.2 Å². The first kappa shape index (κ1) is 13.1. The smallest absolute Gasteiger partial charge is 0.259 e. The molecule has 0 aliphatic rings. The second-order valence-electron chi connectivity index (χ2n) is 4.22. The number of benzene rings is 1. The maximum Gasteiger partial charge on any atom is 0.259 e. The van der Waals surface area contributed by atoms with Gasteiger partial charge in [0.2, 0.25) is 0 Å². The molecule has 21 heavy (non-hydrogen) atoms. The largest absolute Gasteiger partial charge is 0.321 e. The van der Waals surface area contributed by atoms with Crippen molar-refractivity contribution >= 4 is 28.7 Å². The highest BCUT2D eigenvalue weighted by Crippen LogP contribution is 2.23. The number of amides is 1. The van der Waals surface area contributed by atoms with Crippen LogP contribution in [-0.2, 0) is 0 Å². The van der Waals surface area contributed by atoms with Crippen molar-refractivity contribution in [2.45, 2.75) is 0 Å². The molecule has 2 aromatic heterocycles. The predicted molar refractivity (Wildman–Crippen MR) is 77.1 cm³/mol. The Morgan fingerprint density at radius 1 is 1.38 bits per heavy atom. The normalized spacial score (nSPS) is 10.3. The molecule has 1 amide bonds. The van der Waals surface area contributed by atoms with Crippen molar-refractivity contribution in [3.63, 3.8) is 0 Å². The average molecular weight is 298 g/mol. The van der Waals surface area contributed by atoms with Gasteiger partial charge in [0.1, 0.15) is 0 Å². The molecule has 0 spiro atoms. The number of nitrogens with zero attached hydrogens (tertiary/aromatic N) is 4. The number of carbonyl (C=O) groups is 1. The zero-order valence-corrected chi connectivity index (χ0v) is 11.4. The molecule has 0 fully saturated rings. The molecule has 0 bridgehead atoms. The summed E-state index contributed by atoms with van der Waals surface area (Å²) < 4.78 is 1.56. The lowest BCUT2D eigenvalue weighted by atomic mass is 10.2. The first-order valence-corrected chi connectivity index (χ1v) is 6.35. The van der Waals surface area contributed by atoms with Crippen molar-refractivity contribution in [1.29, 1.82) is 5.26 Å². The molecule has 0 unspecified atom stereocenters. The topological polar surface area (TPSA) is 83.1 Å². The van der Waals surface area contributed by atoms with Crippen LogP contribution < -0.4 is 5.32 Å². The van der Waals surface area contributed by atoms with E-state index in [1.54, 1.807) is 35.2 Å². The highest BCUT2D eigenvalue weighted by Gasteiger charge is 2.14. The van der Waals surface area contributed by atoms with Crippen molar-refractivity contribution in [3.05, 3.63) is 59.1 Å². The summed E-state index contributed by atoms with van der Waals surface area (Å²) in [5.74, 6) is -0.343. The van der Waals surface area contributed by atoms with E-state index in [1.165, 1.54) is 12.3 Å². The molecule has 102 valence electrons. The lowest BCUT2D eigenvalue weighted by Gasteiger charge is -2.06. The summed E-state index contributed by atoms with van der Waals surface area (Å²) in [5.41, 5.74) is 1.85. The van der Waals surface area contributed by atoms with Gasteiger partial charge in [0.05, 0.1) is 45.8 Å². The lowest BCUT2D eigenvalue weighted by molar-refractivity contribution is 0.102. The number of halogens is 1. The maximum absolute atomic E-state index is 12.3. The van der Waals surface area contributed by atoms with E-state index in [9.17, 15) is 4.79 Å². The molecule has 3 aromatic rings. The van der Waals surface area contributed by atoms with Gasteiger partial charge in [-0.3, -0.25) is 9.78 Å². The number of nitriles is 1. The lowest BCUT2D eigenvalue weighted by Crippen LogP contribution is -2.12. The van der Waals surface area contributed by atoms with Crippen molar-refractivity contribution in [2.75, 3.05) is 5.32 Å². The molecule has 7 heteroatoms. The number of fused-ring (bicyclic) bond motifs is 1. The van der Waals surface area contributed by atoms with E-state index < -0.39 is 0 Å². The van der Waals surface area contributed by atoms with Gasteiger partial charge < -0.3 is 5.32 Å². The van der Waals surface area contributed by atoms with Crippen molar-refractivity contribution in [1.82, 2.24) is 14.6 Å². The van der Waals surface area contributed by atoms with Crippen LogP contribution in [0.2, 0.25) is 5.02 Å². The Bertz CT molecular complexity index is 880. The highest BCUT2D eigenvalue weighted by molar-refractivity contribution is 6.34. The Morgan fingerprint density at radius 2 is 2.24 bits per heavy atom. The molecule has 0 aliphatic heterocycles. The van der Waals surface area contributed by atoms with E-state index in [4.69, 9.17) is 16.9 Å². The fraction of sp³-hybridized carbons (Fsp3) is 0. The molecule has 0 saturated heterocycles. The summed E-state index contributed by atoms with van der Waals surface area (Å²) in [5, 5.41) is 15.9. The molecule has 6 nitrogen and oxygen atoms in total. The minimum Gasteiger partial charge on any atom is -0.321 e. The standard InChI is InChI=1S/C14H8ClN5O/c15-11-5-9(6-16)1-2-12(11)19-14(21)10-7-18-20-4-3-17-8-13(10)20/h1-5,7-8H,(H,19,21). The SMILES string of the molecule is N#Cc1ccc(NC(=O)c2cnn3ccncc23)c(Cl)c1. The summed E-state index contributed by atoms with van der Waals surface area (Å²) in [6.07, 6.45) is 6.26. The summed E-state index contributed by atoms with van der Waals surface area (Å²) in [4.78, 5) is 16.3. The van der Waals surface area contributed by atoms with Gasteiger partial charge in [-0.2, -0.15) is 10.4 Å². The Labute approximate surface area is 124 Å². The summed E-state index contributed by atoms with van der Waals surface area (Å²) >= 11 is 6.03. The Balaban J connectivity index is 1.92. The van der Waals surface area contributed by atoms with Crippen LogP contribution in [0.5, 0.6) is 0 Å². The van der Waals surface area contributed by atoms with E-state index in [1.807, 2.05) is 6.07 Å². The van der Waals surface area contributed by atoms with Gasteiger partial charge in [-0.25, -0.2) is 4.52 Å². The van der Waals surface area contributed by atoms with Crippen LogP contribution in [0.1, 0.15) is 15.9 Å². The van der Waals surface area contributed by atoms with Crippen LogP contribution in [-0.4, -0.2) is 20.5 Å². The van der Waals surface area contributed by atoms with Crippen LogP contribution in [0.15, 0.2) is 43.0 Å². The molecular weight excluding hydrogens is 290 g/mol. The van der Waals surface area contributed by atoms with Crippen molar-refractivity contribution in [2.24, 2.45) is 0 Å². The van der Waals surface area contributed by atoms with E-state index >= 15 is 0 Å². The van der Waals surface area contributed by atoms with Gasteiger partial charge >= 0.3 is 0 Å². The zero-order valence-electron chi connectivity index (χ0n) is 10.6. The Morgan fingerprint density at radius 3 is 3.00 bits per heavy atom. The summed E-state index contributed by atoms with van der Waals surface area (Å²) in [6, 6.07) is 6.64. The zero-order chi connectivity index (χ0) is 14.8. The third-order valence-corrected chi connectivity index (χ3v) is 3.23. The van der Waals surface area contributed by atoms with Gasteiger partial charge in [0.15, 0.2) is 0 Å². The Hall–Kier alpha value is -2.91. The van der Waals surface area contributed by atoms with Crippen molar-refractivity contribution in [3.8, 4) is 6.07 Å². The minimum absolute atomic E-state index is 0.303. The highest BCUT2D eigenvalue weighted by atomic mass is 35.5. The summed E-state index contributed by atoms with van der Waals surface area (Å²) in [6.45, 7) is 0. The fourth-order valence-electron chi connectivity index (χ4n) is 1.89. The third kappa shape index (κ3) is 2.42. The van der Waals surface area contributed by atoms with E-state index in [-0.39, 0.29) is 5.91 Å². The number of carbonyl (C=O) groups excluding carboxylic acids is 1. The number of hydrogen-bond acceptors (Lipinski definition) is 4. The van der Waals surface area contributed by atoms with E-state index in [0.717, 1.165) is 0 Å². The van der Waals surface area contributed by atoms with Gasteiger partial charge in [0, 0.05) is 12.4 Å². The number of rotatable bonds is 2. The molecule has 2 heterocycles. The quantitative estimate of drug-likeness (QED) is 0.788. The van der Waals surface area contributed by atoms with Gasteiger partial charge in [0.25, 0.3) is 5.91 Å². The van der Waals surface area contributed by atoms with E-state index in [0.29, 0.717) is 27.4 Å². The van der Waals surface area contributed by atoms with Crippen LogP contribution in [0.25, 0.3) is 5.52 Å². The van der Waals surface area contributed by atoms with Crippen LogP contribution >= 0.6 is 11.6 Å². The molecule has 1 N–H and O–H groups in total. The second kappa shape index (κ2) is 5.23. The number of anilines is 1. The number of hydrogen-bond donors (Lipinski definition) is 1. The second-order valence-corrected chi connectivity index (χ2v) is 4.63. The monoisotopic (exact) mass is 297 g/mol. The molecular formula is C14H8ClN5O. The molecule has 0 atom stereocenters. The first-order valence-electron chi connectivity index (χ1n) is 5.97. The van der Waals surface area contributed by atoms with Crippen molar-refractivity contribution < 1.29 is 4.79 Å². The molecule has 3 rings (SSSR count). The molecule has 0 saturated carbocycles. The third-order valence-electron chi connectivity index (χ3n) is 2.92. The van der Waals surface area contributed by atoms with Crippen LogP contribution in [0, 0.1) is 11.3 Å². The molecule has 1 aromatic carbocycles. The van der Waals surface area contributed by atoms with Crippen LogP contribution in [0.3, 0.4) is 0 Å². The Kier molecular flexibility index (Phi) is 3.26. The average Bonchev–Trinajstić information content (AvgIpc) is 2.93. The number of aromatic nitrogens is 3. The van der Waals surface area contributed by atoms with Gasteiger partial charge in [-0.1, -0.05) is 11.6 Å². The molecule has 0 aliphatic carbocycles. The maximum atomic E-state index is 12.3. The van der Waals surface area contributed by atoms with E-state index in [2.05, 4.69) is 15.4 Å². The minimum atomic E-state index is -0.343. The molecule has 0 radical (unpaired) electrons. The number of nitrogens with one attached hydrogen (secondary N) is 1. The van der Waals surface area contributed by atoms with Gasteiger partial charge in [-0.15, -0.1) is 0 Å². The fourth-order valence-corrected chi connectivity index (χ4v) is 2.11.